The summed E-state index contributed by atoms with van der Waals surface area (Å²) in [5.41, 5.74) is 8.83. The van der Waals surface area contributed by atoms with Gasteiger partial charge in [0, 0.05) is 41.5 Å². The monoisotopic (exact) mass is 613 g/mol. The van der Waals surface area contributed by atoms with Gasteiger partial charge in [-0.15, -0.1) is 0 Å². The Morgan fingerprint density at radius 3 is 2.55 bits per heavy atom. The van der Waals surface area contributed by atoms with E-state index in [9.17, 15) is 14.7 Å². The van der Waals surface area contributed by atoms with E-state index in [-0.39, 0.29) is 11.4 Å². The maximum atomic E-state index is 13.3. The van der Waals surface area contributed by atoms with Crippen LogP contribution in [0.5, 0.6) is 5.75 Å². The molecule has 0 radical (unpaired) electrons. The van der Waals surface area contributed by atoms with Gasteiger partial charge in [0.15, 0.2) is 0 Å². The first-order valence-corrected chi connectivity index (χ1v) is 14.2. The number of hydrogen-bond acceptors (Lipinski definition) is 8. The number of nitrogens with zero attached hydrogens (tertiary/aromatic N) is 5. The lowest BCUT2D eigenvalue weighted by Gasteiger charge is -2.17. The third kappa shape index (κ3) is 6.64. The molecular weight excluding hydrogens is 582 g/mol. The maximum Gasteiger partial charge on any atom is 0.284 e. The smallest absolute Gasteiger partial charge is 0.284 e. The minimum atomic E-state index is -0.833. The number of benzene rings is 2. The first-order valence-electron chi connectivity index (χ1n) is 13.8. The van der Waals surface area contributed by atoms with Crippen LogP contribution < -0.4 is 21.3 Å². The van der Waals surface area contributed by atoms with Crippen molar-refractivity contribution in [2.24, 2.45) is 7.05 Å². The van der Waals surface area contributed by atoms with Crippen LogP contribution in [-0.4, -0.2) is 47.5 Å². The summed E-state index contributed by atoms with van der Waals surface area (Å²) in [5.74, 6) is 0.243. The highest BCUT2D eigenvalue weighted by molar-refractivity contribution is 6.30. The zero-order valence-corrected chi connectivity index (χ0v) is 25.5. The topological polar surface area (TPSA) is 150 Å². The van der Waals surface area contributed by atoms with Crippen molar-refractivity contribution in [3.8, 4) is 34.0 Å². The van der Waals surface area contributed by atoms with Crippen molar-refractivity contribution in [3.05, 3.63) is 99.8 Å². The van der Waals surface area contributed by atoms with Gasteiger partial charge in [0.2, 0.25) is 0 Å². The van der Waals surface area contributed by atoms with Gasteiger partial charge in [0.05, 0.1) is 41.7 Å². The first-order chi connectivity index (χ1) is 20.9. The molecular formula is C32H32ClN7O4. The van der Waals surface area contributed by atoms with E-state index in [4.69, 9.17) is 27.1 Å². The normalized spacial score (nSPS) is 11.4. The summed E-state index contributed by atoms with van der Waals surface area (Å²) >= 11 is 6.12. The van der Waals surface area contributed by atoms with E-state index in [2.05, 4.69) is 15.3 Å². The summed E-state index contributed by atoms with van der Waals surface area (Å²) in [7, 11) is 1.71. The van der Waals surface area contributed by atoms with Crippen LogP contribution in [0.1, 0.15) is 36.3 Å². The van der Waals surface area contributed by atoms with Crippen LogP contribution >= 0.6 is 11.6 Å². The molecule has 1 amide bonds. The number of anilines is 2. The molecule has 44 heavy (non-hydrogen) atoms. The predicted octanol–water partition coefficient (Wildman–Crippen LogP) is 5.03. The van der Waals surface area contributed by atoms with Crippen LogP contribution in [0.15, 0.2) is 78.0 Å². The van der Waals surface area contributed by atoms with Crippen LogP contribution in [-0.2, 0) is 7.05 Å². The summed E-state index contributed by atoms with van der Waals surface area (Å²) in [6, 6.07) is 15.6. The highest BCUT2D eigenvalue weighted by atomic mass is 35.5. The number of pyridine rings is 1. The van der Waals surface area contributed by atoms with E-state index < -0.39 is 17.1 Å². The van der Waals surface area contributed by atoms with Crippen molar-refractivity contribution in [1.82, 2.24) is 24.3 Å². The Kier molecular flexibility index (Phi) is 8.52. The minimum Gasteiger partial charge on any atom is -0.492 e. The van der Waals surface area contributed by atoms with Gasteiger partial charge in [0.1, 0.15) is 22.8 Å². The lowest BCUT2D eigenvalue weighted by molar-refractivity contribution is 0.0553. The predicted molar refractivity (Wildman–Crippen MR) is 170 cm³/mol. The number of rotatable bonds is 9. The average molecular weight is 614 g/mol. The van der Waals surface area contributed by atoms with Crippen molar-refractivity contribution in [2.45, 2.75) is 32.8 Å². The van der Waals surface area contributed by atoms with Gasteiger partial charge in [-0.3, -0.25) is 19.3 Å². The van der Waals surface area contributed by atoms with Crippen molar-refractivity contribution < 1.29 is 14.6 Å². The van der Waals surface area contributed by atoms with Crippen molar-refractivity contribution in [1.29, 1.82) is 0 Å². The molecule has 12 heteroatoms. The lowest BCUT2D eigenvalue weighted by atomic mass is 10.1. The summed E-state index contributed by atoms with van der Waals surface area (Å²) in [4.78, 5) is 39.8. The molecule has 226 valence electrons. The Balaban J connectivity index is 1.35. The fourth-order valence-corrected chi connectivity index (χ4v) is 4.76. The van der Waals surface area contributed by atoms with Gasteiger partial charge < -0.3 is 20.9 Å². The molecule has 4 N–H and O–H groups in total. The summed E-state index contributed by atoms with van der Waals surface area (Å²) < 4.78 is 8.77. The van der Waals surface area contributed by atoms with Crippen LogP contribution in [0.2, 0.25) is 5.02 Å². The van der Waals surface area contributed by atoms with Gasteiger partial charge in [-0.2, -0.15) is 0 Å². The van der Waals surface area contributed by atoms with E-state index in [0.29, 0.717) is 63.4 Å². The first kappa shape index (κ1) is 30.5. The van der Waals surface area contributed by atoms with Crippen LogP contribution in [0.4, 0.5) is 11.5 Å². The number of halogens is 1. The molecule has 0 unspecified atom stereocenters. The molecule has 3 aromatic heterocycles. The third-order valence-corrected chi connectivity index (χ3v) is 7.28. The molecule has 0 atom stereocenters. The molecule has 0 aliphatic carbocycles. The Morgan fingerprint density at radius 2 is 1.84 bits per heavy atom. The second-order valence-electron chi connectivity index (χ2n) is 10.9. The SMILES string of the molecule is Cc1c(C(=O)Nc2ccc(-c3nc(-c4cncc(OCCC(C)(C)O)c4)cnc3N)cc2)c(=O)n(-c2cccc(Cl)c2)n1C. The summed E-state index contributed by atoms with van der Waals surface area (Å²) in [6.45, 7) is 5.49. The van der Waals surface area contributed by atoms with Crippen molar-refractivity contribution in [3.63, 3.8) is 0 Å². The number of ether oxygens (including phenoxy) is 1. The standard InChI is InChI=1S/C32H32ClN7O4/c1-19-27(31(42)40(39(19)4)24-7-5-6-22(33)15-24)30(41)37-23-10-8-20(9-11-23)28-29(34)36-18-26(38-28)21-14-25(17-35-16-21)44-13-12-32(2,3)43/h5-11,14-18,43H,12-13H2,1-4H3,(H2,34,36)(H,37,41). The van der Waals surface area contributed by atoms with E-state index >= 15 is 0 Å². The van der Waals surface area contributed by atoms with E-state index in [1.807, 2.05) is 0 Å². The van der Waals surface area contributed by atoms with Gasteiger partial charge in [-0.25, -0.2) is 14.6 Å². The van der Waals surface area contributed by atoms with Crippen LogP contribution in [0, 0.1) is 6.92 Å². The van der Waals surface area contributed by atoms with E-state index in [0.717, 1.165) is 0 Å². The molecule has 11 nitrogen and oxygen atoms in total. The Bertz CT molecular complexity index is 1890. The molecule has 5 aromatic rings. The Morgan fingerprint density at radius 1 is 1.09 bits per heavy atom. The van der Waals surface area contributed by atoms with E-state index in [1.165, 1.54) is 4.68 Å². The van der Waals surface area contributed by atoms with Gasteiger partial charge >= 0.3 is 0 Å². The molecule has 5 rings (SSSR count). The molecule has 3 heterocycles. The Labute approximate surface area is 258 Å². The number of aliphatic hydroxyl groups is 1. The fourth-order valence-electron chi connectivity index (χ4n) is 4.58. The van der Waals surface area contributed by atoms with Crippen molar-refractivity contribution in [2.75, 3.05) is 17.7 Å². The summed E-state index contributed by atoms with van der Waals surface area (Å²) in [5, 5.41) is 13.2. The maximum absolute atomic E-state index is 13.3. The second-order valence-corrected chi connectivity index (χ2v) is 11.4. The number of carbonyl (C=O) groups excluding carboxylic acids is 1. The van der Waals surface area contributed by atoms with Gasteiger partial charge in [-0.05, 0) is 57.2 Å². The zero-order chi connectivity index (χ0) is 31.6. The highest BCUT2D eigenvalue weighted by Gasteiger charge is 2.22. The molecule has 0 spiro atoms. The number of carbonyl (C=O) groups is 1. The number of nitrogens with two attached hydrogens (primary N) is 1. The largest absolute Gasteiger partial charge is 0.492 e. The van der Waals surface area contributed by atoms with Crippen LogP contribution in [0.3, 0.4) is 0 Å². The number of nitrogens with one attached hydrogen (secondary N) is 1. The molecule has 0 bridgehead atoms. The van der Waals surface area contributed by atoms with Crippen LogP contribution in [0.25, 0.3) is 28.2 Å². The third-order valence-electron chi connectivity index (χ3n) is 7.04. The number of nitrogen functional groups attached to an aromatic ring is 1. The molecule has 0 fully saturated rings. The minimum absolute atomic E-state index is 0.0271. The quantitative estimate of drug-likeness (QED) is 0.209. The van der Waals surface area contributed by atoms with Crippen molar-refractivity contribution >= 4 is 29.0 Å². The lowest BCUT2D eigenvalue weighted by Crippen LogP contribution is -2.25. The Hall–Kier alpha value is -5.00. The van der Waals surface area contributed by atoms with Gasteiger partial charge in [-0.1, -0.05) is 29.8 Å². The zero-order valence-electron chi connectivity index (χ0n) is 24.7. The number of aromatic nitrogens is 5. The molecule has 0 saturated heterocycles. The van der Waals surface area contributed by atoms with E-state index in [1.54, 1.807) is 106 Å². The number of hydrogen-bond donors (Lipinski definition) is 3. The molecule has 0 aliphatic heterocycles. The average Bonchev–Trinajstić information content (AvgIpc) is 3.20. The highest BCUT2D eigenvalue weighted by Crippen LogP contribution is 2.28. The number of amides is 1. The fraction of sp³-hybridized carbons (Fsp3) is 0.219. The summed E-state index contributed by atoms with van der Waals surface area (Å²) in [6.07, 6.45) is 5.27. The second kappa shape index (κ2) is 12.3. The molecule has 0 saturated carbocycles. The molecule has 2 aromatic carbocycles. The molecule has 0 aliphatic rings. The van der Waals surface area contributed by atoms with Gasteiger partial charge in [0.25, 0.3) is 11.5 Å².